The van der Waals surface area contributed by atoms with Gasteiger partial charge < -0.3 is 4.84 Å². The summed E-state index contributed by atoms with van der Waals surface area (Å²) in [7, 11) is 1.43. The van der Waals surface area contributed by atoms with Crippen molar-refractivity contribution in [1.82, 2.24) is 0 Å². The van der Waals surface area contributed by atoms with E-state index in [-0.39, 0.29) is 0 Å². The van der Waals surface area contributed by atoms with E-state index in [1.807, 2.05) is 0 Å². The highest BCUT2D eigenvalue weighted by molar-refractivity contribution is 4.14. The minimum Gasteiger partial charge on any atom is -0.302 e. The van der Waals surface area contributed by atoms with Crippen LogP contribution < -0.4 is 5.90 Å². The molecule has 0 bridgehead atoms. The van der Waals surface area contributed by atoms with Gasteiger partial charge in [-0.05, 0) is 0 Å². The molecule has 0 atom stereocenters. The van der Waals surface area contributed by atoms with Crippen LogP contribution in [0.4, 0.5) is 0 Å². The lowest BCUT2D eigenvalue weighted by Gasteiger charge is -1.94. The van der Waals surface area contributed by atoms with Crippen LogP contribution in [0.25, 0.3) is 0 Å². The summed E-state index contributed by atoms with van der Waals surface area (Å²) in [5.74, 6) is 4.63. The van der Waals surface area contributed by atoms with Crippen molar-refractivity contribution in [1.29, 1.82) is 0 Å². The Hall–Kier alpha value is -0.160. The van der Waals surface area contributed by atoms with Gasteiger partial charge in [-0.15, -0.1) is 0 Å². The average molecular weight is 107 g/mol. The van der Waals surface area contributed by atoms with Gasteiger partial charge in [-0.1, -0.05) is 0 Å². The van der Waals surface area contributed by atoms with E-state index in [0.29, 0.717) is 13.2 Å². The number of rotatable bonds is 4. The van der Waals surface area contributed by atoms with Gasteiger partial charge in [0.1, 0.15) is 6.61 Å². The second-order valence-corrected chi connectivity index (χ2v) is 0.859. The predicted octanol–water partition coefficient (Wildman–Crippen LogP) is -0.545. The Bertz CT molecular complexity index is 29.4. The van der Waals surface area contributed by atoms with Crippen LogP contribution in [0.5, 0.6) is 0 Å². The highest BCUT2D eigenvalue weighted by Crippen LogP contribution is 1.70. The lowest BCUT2D eigenvalue weighted by Crippen LogP contribution is -2.07. The third-order valence-corrected chi connectivity index (χ3v) is 0.402. The molecule has 7 heavy (non-hydrogen) atoms. The summed E-state index contributed by atoms with van der Waals surface area (Å²) < 4.78 is 0. The van der Waals surface area contributed by atoms with Crippen molar-refractivity contribution in [3.63, 3.8) is 0 Å². The first-order valence-corrected chi connectivity index (χ1v) is 1.89. The maximum atomic E-state index is 4.63. The van der Waals surface area contributed by atoms with Gasteiger partial charge in [0.2, 0.25) is 0 Å². The van der Waals surface area contributed by atoms with Crippen LogP contribution in [0.3, 0.4) is 0 Å². The Balaban J connectivity index is 2.45. The Morgan fingerprint density at radius 3 is 2.57 bits per heavy atom. The fraction of sp³-hybridized carbons (Fsp3) is 1.00. The minimum absolute atomic E-state index is 0.355. The van der Waals surface area contributed by atoms with Crippen LogP contribution in [0, 0.1) is 0 Å². The lowest BCUT2D eigenvalue weighted by atomic mass is 10.8. The summed E-state index contributed by atoms with van der Waals surface area (Å²) in [6.07, 6.45) is 0. The van der Waals surface area contributed by atoms with Crippen molar-refractivity contribution in [2.75, 3.05) is 20.3 Å². The molecule has 0 radical (unpaired) electrons. The second kappa shape index (κ2) is 5.84. The fourth-order valence-electron chi connectivity index (χ4n) is 0.165. The minimum atomic E-state index is 0.355. The van der Waals surface area contributed by atoms with Crippen molar-refractivity contribution < 1.29 is 14.6 Å². The van der Waals surface area contributed by atoms with Gasteiger partial charge in [0.05, 0.1) is 13.7 Å². The first kappa shape index (κ1) is 6.84. The Kier molecular flexibility index (Phi) is 5.71. The van der Waals surface area contributed by atoms with Gasteiger partial charge in [-0.25, -0.2) is 15.7 Å². The zero-order chi connectivity index (χ0) is 5.54. The molecule has 0 saturated carbocycles. The average Bonchev–Trinajstić information content (AvgIpc) is 1.69. The smallest absolute Gasteiger partial charge is 0.108 e. The molecule has 0 unspecified atom stereocenters. The molecule has 0 aromatic heterocycles. The summed E-state index contributed by atoms with van der Waals surface area (Å²) in [6.45, 7) is 0.723. The van der Waals surface area contributed by atoms with Gasteiger partial charge in [0.25, 0.3) is 0 Å². The van der Waals surface area contributed by atoms with E-state index in [2.05, 4.69) is 20.5 Å². The second-order valence-electron chi connectivity index (χ2n) is 0.859. The van der Waals surface area contributed by atoms with Gasteiger partial charge in [-0.3, -0.25) is 0 Å². The standard InChI is InChI=1S/C3H9NO3/c1-5-7-3-2-6-4/h2-4H2,1H3. The quantitative estimate of drug-likeness (QED) is 0.297. The van der Waals surface area contributed by atoms with Crippen LogP contribution in [-0.2, 0) is 14.6 Å². The molecule has 0 aromatic carbocycles. The van der Waals surface area contributed by atoms with E-state index < -0.39 is 0 Å². The molecule has 0 spiro atoms. The molecule has 0 heterocycles. The largest absolute Gasteiger partial charge is 0.302 e. The summed E-state index contributed by atoms with van der Waals surface area (Å²) in [5, 5.41) is 0. The molecular formula is C3H9NO3. The topological polar surface area (TPSA) is 53.7 Å². The summed E-state index contributed by atoms with van der Waals surface area (Å²) >= 11 is 0. The highest BCUT2D eigenvalue weighted by atomic mass is 17.2. The monoisotopic (exact) mass is 107 g/mol. The van der Waals surface area contributed by atoms with E-state index in [1.54, 1.807) is 0 Å². The zero-order valence-electron chi connectivity index (χ0n) is 4.22. The highest BCUT2D eigenvalue weighted by Gasteiger charge is 1.79. The van der Waals surface area contributed by atoms with Crippen molar-refractivity contribution in [3.05, 3.63) is 0 Å². The summed E-state index contributed by atoms with van der Waals surface area (Å²) in [4.78, 5) is 12.7. The SMILES string of the molecule is COOCCON. The van der Waals surface area contributed by atoms with Gasteiger partial charge in [-0.2, -0.15) is 0 Å². The molecule has 44 valence electrons. The van der Waals surface area contributed by atoms with Crippen LogP contribution in [-0.4, -0.2) is 20.3 Å². The molecular weight excluding hydrogens is 98.0 g/mol. The van der Waals surface area contributed by atoms with Crippen molar-refractivity contribution >= 4 is 0 Å². The van der Waals surface area contributed by atoms with E-state index in [0.717, 1.165) is 0 Å². The molecule has 0 aliphatic carbocycles. The number of nitrogens with two attached hydrogens (primary N) is 1. The van der Waals surface area contributed by atoms with Crippen LogP contribution in [0.15, 0.2) is 0 Å². The van der Waals surface area contributed by atoms with Gasteiger partial charge >= 0.3 is 0 Å². The van der Waals surface area contributed by atoms with E-state index >= 15 is 0 Å². The number of hydrogen-bond acceptors (Lipinski definition) is 4. The Labute approximate surface area is 42.0 Å². The van der Waals surface area contributed by atoms with E-state index in [1.165, 1.54) is 7.11 Å². The first-order valence-electron chi connectivity index (χ1n) is 1.89. The van der Waals surface area contributed by atoms with Crippen molar-refractivity contribution in [2.24, 2.45) is 5.90 Å². The normalized spacial score (nSPS) is 9.43. The van der Waals surface area contributed by atoms with Crippen LogP contribution in [0.1, 0.15) is 0 Å². The molecule has 0 aliphatic heterocycles. The summed E-state index contributed by atoms with van der Waals surface area (Å²) in [5.41, 5.74) is 0. The van der Waals surface area contributed by atoms with Gasteiger partial charge in [0.15, 0.2) is 0 Å². The molecule has 0 fully saturated rings. The molecule has 0 saturated heterocycles. The third kappa shape index (κ3) is 5.84. The molecule has 4 nitrogen and oxygen atoms in total. The number of hydrogen-bond donors (Lipinski definition) is 1. The van der Waals surface area contributed by atoms with Crippen LogP contribution in [0.2, 0.25) is 0 Å². The molecule has 0 aliphatic rings. The Morgan fingerprint density at radius 2 is 2.14 bits per heavy atom. The first-order chi connectivity index (χ1) is 3.41. The van der Waals surface area contributed by atoms with Crippen LogP contribution >= 0.6 is 0 Å². The summed E-state index contributed by atoms with van der Waals surface area (Å²) in [6, 6.07) is 0. The molecule has 0 amide bonds. The third-order valence-electron chi connectivity index (χ3n) is 0.402. The van der Waals surface area contributed by atoms with Crippen molar-refractivity contribution in [2.45, 2.75) is 0 Å². The van der Waals surface area contributed by atoms with E-state index in [9.17, 15) is 0 Å². The van der Waals surface area contributed by atoms with Gasteiger partial charge in [0, 0.05) is 0 Å². The Morgan fingerprint density at radius 1 is 1.43 bits per heavy atom. The maximum absolute atomic E-state index is 4.63. The molecule has 2 N–H and O–H groups in total. The zero-order valence-corrected chi connectivity index (χ0v) is 4.22. The lowest BCUT2D eigenvalue weighted by molar-refractivity contribution is -0.277. The molecule has 0 rings (SSSR count). The molecule has 0 aromatic rings. The van der Waals surface area contributed by atoms with Crippen molar-refractivity contribution in [3.8, 4) is 0 Å². The maximum Gasteiger partial charge on any atom is 0.108 e. The molecule has 4 heteroatoms. The predicted molar refractivity (Wildman–Crippen MR) is 23.1 cm³/mol. The van der Waals surface area contributed by atoms with E-state index in [4.69, 9.17) is 0 Å². The fourth-order valence-corrected chi connectivity index (χ4v) is 0.165.